The molecule has 0 saturated heterocycles. The van der Waals surface area contributed by atoms with Gasteiger partial charge in [-0.1, -0.05) is 15.9 Å². The van der Waals surface area contributed by atoms with Crippen molar-refractivity contribution in [2.75, 3.05) is 5.32 Å². The van der Waals surface area contributed by atoms with Gasteiger partial charge in [-0.15, -0.1) is 0 Å². The zero-order chi connectivity index (χ0) is 13.8. The zero-order valence-corrected chi connectivity index (χ0v) is 13.7. The van der Waals surface area contributed by atoms with Gasteiger partial charge in [-0.05, 0) is 43.2 Å². The Hall–Kier alpha value is -1.39. The molecule has 0 unspecified atom stereocenters. The smallest absolute Gasteiger partial charge is 0.290 e. The van der Waals surface area contributed by atoms with E-state index in [1.165, 1.54) is 5.56 Å². The maximum absolute atomic E-state index is 12.0. The fourth-order valence-corrected chi connectivity index (χ4v) is 2.24. The summed E-state index contributed by atoms with van der Waals surface area (Å²) in [5.74, 6) is -0.0284. The lowest BCUT2D eigenvalue weighted by molar-refractivity contribution is -0.684. The van der Waals surface area contributed by atoms with Crippen LogP contribution < -0.4 is 22.3 Å². The number of carbonyl (C=O) groups is 1. The number of aryl methyl sites for hydroxylation is 2. The van der Waals surface area contributed by atoms with Crippen LogP contribution in [0.2, 0.25) is 0 Å². The third-order valence-corrected chi connectivity index (χ3v) is 3.34. The van der Waals surface area contributed by atoms with Crippen molar-refractivity contribution in [3.05, 3.63) is 58.3 Å². The van der Waals surface area contributed by atoms with E-state index >= 15 is 0 Å². The van der Waals surface area contributed by atoms with Crippen LogP contribution in [-0.2, 0) is 11.3 Å². The zero-order valence-electron chi connectivity index (χ0n) is 11.4. The summed E-state index contributed by atoms with van der Waals surface area (Å²) in [5, 5.41) is 2.92. The highest BCUT2D eigenvalue weighted by atomic mass is 79.9. The SMILES string of the molecule is Cc1cc[n+](CC(=O)Nc2ccc(Br)cc2C)cc1.[Cl-]. The van der Waals surface area contributed by atoms with Gasteiger partial charge in [0.1, 0.15) is 0 Å². The van der Waals surface area contributed by atoms with Gasteiger partial charge in [-0.25, -0.2) is 0 Å². The lowest BCUT2D eigenvalue weighted by atomic mass is 10.2. The summed E-state index contributed by atoms with van der Waals surface area (Å²) in [5.41, 5.74) is 3.07. The lowest BCUT2D eigenvalue weighted by Gasteiger charge is -2.07. The molecule has 1 aromatic carbocycles. The van der Waals surface area contributed by atoms with Gasteiger partial charge >= 0.3 is 0 Å². The number of aromatic nitrogens is 1. The average molecular weight is 356 g/mol. The highest BCUT2D eigenvalue weighted by molar-refractivity contribution is 9.10. The number of pyridine rings is 1. The molecule has 0 radical (unpaired) electrons. The van der Waals surface area contributed by atoms with Crippen molar-refractivity contribution in [3.8, 4) is 0 Å². The molecule has 106 valence electrons. The minimum absolute atomic E-state index is 0. The molecule has 3 nitrogen and oxygen atoms in total. The van der Waals surface area contributed by atoms with Gasteiger partial charge in [0.15, 0.2) is 12.4 Å². The summed E-state index contributed by atoms with van der Waals surface area (Å²) in [7, 11) is 0. The molecule has 0 fully saturated rings. The molecule has 0 atom stereocenters. The van der Waals surface area contributed by atoms with Crippen molar-refractivity contribution in [3.63, 3.8) is 0 Å². The third-order valence-electron chi connectivity index (χ3n) is 2.85. The summed E-state index contributed by atoms with van der Waals surface area (Å²) in [6.07, 6.45) is 3.81. The Morgan fingerprint density at radius 2 is 1.85 bits per heavy atom. The van der Waals surface area contributed by atoms with Crippen LogP contribution in [0.1, 0.15) is 11.1 Å². The quantitative estimate of drug-likeness (QED) is 0.772. The Morgan fingerprint density at radius 1 is 1.20 bits per heavy atom. The fourth-order valence-electron chi connectivity index (χ4n) is 1.76. The first-order chi connectivity index (χ1) is 9.04. The molecule has 0 saturated carbocycles. The normalized spacial score (nSPS) is 9.75. The third kappa shape index (κ3) is 4.62. The van der Waals surface area contributed by atoms with Crippen LogP contribution in [0, 0.1) is 13.8 Å². The number of halogens is 2. The molecule has 2 rings (SSSR count). The molecular weight excluding hydrogens is 340 g/mol. The molecular formula is C15H16BrClN2O. The molecule has 1 heterocycles. The van der Waals surface area contributed by atoms with Gasteiger partial charge in [0, 0.05) is 22.3 Å². The van der Waals surface area contributed by atoms with Crippen molar-refractivity contribution < 1.29 is 21.8 Å². The molecule has 0 spiro atoms. The molecule has 20 heavy (non-hydrogen) atoms. The van der Waals surface area contributed by atoms with E-state index in [-0.39, 0.29) is 18.3 Å². The molecule has 5 heteroatoms. The van der Waals surface area contributed by atoms with Crippen molar-refractivity contribution in [1.82, 2.24) is 0 Å². The molecule has 1 aromatic heterocycles. The second-order valence-electron chi connectivity index (χ2n) is 4.56. The van der Waals surface area contributed by atoms with Gasteiger partial charge in [-0.3, -0.25) is 4.79 Å². The van der Waals surface area contributed by atoms with Gasteiger partial charge < -0.3 is 17.7 Å². The van der Waals surface area contributed by atoms with Gasteiger partial charge in [-0.2, -0.15) is 4.57 Å². The average Bonchev–Trinajstić information content (AvgIpc) is 2.36. The number of benzene rings is 1. The van der Waals surface area contributed by atoms with Crippen LogP contribution in [0.15, 0.2) is 47.2 Å². The maximum Gasteiger partial charge on any atom is 0.290 e. The standard InChI is InChI=1S/C15H15BrN2O.ClH/c1-11-5-7-18(8-6-11)10-15(19)17-14-4-3-13(16)9-12(14)2;/h3-9H,10H2,1-2H3;1H. The summed E-state index contributed by atoms with van der Waals surface area (Å²) in [6, 6.07) is 9.77. The van der Waals surface area contributed by atoms with Crippen molar-refractivity contribution in [2.45, 2.75) is 20.4 Å². The molecule has 0 bridgehead atoms. The highest BCUT2D eigenvalue weighted by Crippen LogP contribution is 2.19. The van der Waals surface area contributed by atoms with Crippen LogP contribution >= 0.6 is 15.9 Å². The fraction of sp³-hybridized carbons (Fsp3) is 0.200. The van der Waals surface area contributed by atoms with Crippen LogP contribution in [-0.4, -0.2) is 5.91 Å². The molecule has 2 aromatic rings. The predicted octanol–water partition coefficient (Wildman–Crippen LogP) is -0.00386. The van der Waals surface area contributed by atoms with E-state index in [0.29, 0.717) is 6.54 Å². The number of nitrogens with zero attached hydrogens (tertiary/aromatic N) is 1. The van der Waals surface area contributed by atoms with Crippen LogP contribution in [0.5, 0.6) is 0 Å². The summed E-state index contributed by atoms with van der Waals surface area (Å²) >= 11 is 3.41. The number of rotatable bonds is 3. The van der Waals surface area contributed by atoms with Crippen LogP contribution in [0.3, 0.4) is 0 Å². The van der Waals surface area contributed by atoms with Crippen molar-refractivity contribution in [2.24, 2.45) is 0 Å². The minimum Gasteiger partial charge on any atom is -1.00 e. The first-order valence-corrected chi connectivity index (χ1v) is 6.85. The second-order valence-corrected chi connectivity index (χ2v) is 5.47. The van der Waals surface area contributed by atoms with E-state index in [4.69, 9.17) is 0 Å². The minimum atomic E-state index is -0.0284. The maximum atomic E-state index is 12.0. The van der Waals surface area contributed by atoms with E-state index in [2.05, 4.69) is 21.2 Å². The van der Waals surface area contributed by atoms with E-state index in [1.807, 2.05) is 61.1 Å². The Bertz CT molecular complexity index is 599. The molecule has 0 aliphatic rings. The molecule has 1 amide bonds. The van der Waals surface area contributed by atoms with Crippen LogP contribution in [0.4, 0.5) is 5.69 Å². The Kier molecular flexibility index (Phi) is 6.17. The van der Waals surface area contributed by atoms with Gasteiger partial charge in [0.25, 0.3) is 5.91 Å². The van der Waals surface area contributed by atoms with E-state index < -0.39 is 0 Å². The van der Waals surface area contributed by atoms with Gasteiger partial charge in [0.2, 0.25) is 6.54 Å². The van der Waals surface area contributed by atoms with E-state index in [9.17, 15) is 4.79 Å². The topological polar surface area (TPSA) is 33.0 Å². The van der Waals surface area contributed by atoms with Crippen molar-refractivity contribution >= 4 is 27.5 Å². The molecule has 0 aliphatic carbocycles. The Labute approximate surface area is 133 Å². The van der Waals surface area contributed by atoms with E-state index in [0.717, 1.165) is 15.7 Å². The largest absolute Gasteiger partial charge is 1.00 e. The number of hydrogen-bond acceptors (Lipinski definition) is 1. The van der Waals surface area contributed by atoms with Crippen molar-refractivity contribution in [1.29, 1.82) is 0 Å². The van der Waals surface area contributed by atoms with Gasteiger partial charge in [0.05, 0.1) is 0 Å². The Balaban J connectivity index is 0.00000200. The monoisotopic (exact) mass is 354 g/mol. The highest BCUT2D eigenvalue weighted by Gasteiger charge is 2.10. The summed E-state index contributed by atoms with van der Waals surface area (Å²) in [4.78, 5) is 12.0. The Morgan fingerprint density at radius 3 is 2.45 bits per heavy atom. The first kappa shape index (κ1) is 16.7. The number of nitrogens with one attached hydrogen (secondary N) is 1. The second kappa shape index (κ2) is 7.41. The number of amides is 1. The molecule has 0 aliphatic heterocycles. The van der Waals surface area contributed by atoms with E-state index in [1.54, 1.807) is 0 Å². The van der Waals surface area contributed by atoms with Crippen LogP contribution in [0.25, 0.3) is 0 Å². The number of carbonyl (C=O) groups excluding carboxylic acids is 1. The number of anilines is 1. The summed E-state index contributed by atoms with van der Waals surface area (Å²) in [6.45, 7) is 4.31. The molecule has 1 N–H and O–H groups in total. The lowest BCUT2D eigenvalue weighted by Crippen LogP contribution is -3.00. The summed E-state index contributed by atoms with van der Waals surface area (Å²) < 4.78 is 2.87. The first-order valence-electron chi connectivity index (χ1n) is 6.06. The predicted molar refractivity (Wildman–Crippen MR) is 78.9 cm³/mol. The number of hydrogen-bond donors (Lipinski definition) is 1.